The third-order valence-electron chi connectivity index (χ3n) is 2.59. The van der Waals surface area contributed by atoms with Crippen LogP contribution in [0.5, 0.6) is 0 Å². The van der Waals surface area contributed by atoms with Gasteiger partial charge in [0.15, 0.2) is 0 Å². The Bertz CT molecular complexity index is 305. The van der Waals surface area contributed by atoms with Crippen LogP contribution in [0.15, 0.2) is 18.2 Å². The summed E-state index contributed by atoms with van der Waals surface area (Å²) in [4.78, 5) is 0. The van der Waals surface area contributed by atoms with Crippen molar-refractivity contribution < 1.29 is 8.78 Å². The normalized spacial score (nSPS) is 12.5. The van der Waals surface area contributed by atoms with E-state index in [1.54, 1.807) is 0 Å². The molecule has 0 aliphatic heterocycles. The van der Waals surface area contributed by atoms with Crippen molar-refractivity contribution in [1.29, 1.82) is 0 Å². The molecule has 1 unspecified atom stereocenters. The van der Waals surface area contributed by atoms with Crippen LogP contribution in [0, 0.1) is 11.6 Å². The van der Waals surface area contributed by atoms with Gasteiger partial charge in [-0.2, -0.15) is 0 Å². The summed E-state index contributed by atoms with van der Waals surface area (Å²) < 4.78 is 26.6. The molecule has 1 N–H and O–H groups in total. The highest BCUT2D eigenvalue weighted by atomic mass is 19.1. The predicted octanol–water partition coefficient (Wildman–Crippen LogP) is 4.35. The van der Waals surface area contributed by atoms with E-state index in [0.717, 1.165) is 25.7 Å². The topological polar surface area (TPSA) is 12.0 Å². The standard InChI is InChI=1S/C13H19F2N/c1-3-4-5-7-10(2)16-13-11(14)8-6-9-12(13)15/h6,8-10,16H,3-5,7H2,1-2H3. The molecule has 0 fully saturated rings. The van der Waals surface area contributed by atoms with Crippen molar-refractivity contribution in [3.05, 3.63) is 29.8 Å². The minimum absolute atomic E-state index is 0.00787. The predicted molar refractivity (Wildman–Crippen MR) is 63.6 cm³/mol. The highest BCUT2D eigenvalue weighted by molar-refractivity contribution is 5.46. The Kier molecular flexibility index (Phi) is 5.23. The fourth-order valence-corrected chi connectivity index (χ4v) is 1.65. The molecule has 1 aromatic rings. The molecule has 0 saturated carbocycles. The van der Waals surface area contributed by atoms with Crippen LogP contribution < -0.4 is 5.32 Å². The van der Waals surface area contributed by atoms with E-state index in [2.05, 4.69) is 12.2 Å². The summed E-state index contributed by atoms with van der Waals surface area (Å²) in [7, 11) is 0. The third-order valence-corrected chi connectivity index (χ3v) is 2.59. The smallest absolute Gasteiger partial charge is 0.149 e. The molecule has 1 rings (SSSR count). The second-order valence-electron chi connectivity index (χ2n) is 4.14. The summed E-state index contributed by atoms with van der Waals surface area (Å²) in [6, 6.07) is 4.00. The second kappa shape index (κ2) is 6.46. The van der Waals surface area contributed by atoms with Gasteiger partial charge < -0.3 is 5.32 Å². The molecular formula is C13H19F2N. The molecule has 0 aromatic heterocycles. The number of hydrogen-bond donors (Lipinski definition) is 1. The van der Waals surface area contributed by atoms with Crippen LogP contribution in [0.4, 0.5) is 14.5 Å². The molecule has 90 valence electrons. The van der Waals surface area contributed by atoms with E-state index >= 15 is 0 Å². The highest BCUT2D eigenvalue weighted by Gasteiger charge is 2.10. The van der Waals surface area contributed by atoms with Gasteiger partial charge in [-0.3, -0.25) is 0 Å². The number of unbranched alkanes of at least 4 members (excludes halogenated alkanes) is 2. The SMILES string of the molecule is CCCCCC(C)Nc1c(F)cccc1F. The highest BCUT2D eigenvalue weighted by Crippen LogP contribution is 2.20. The van der Waals surface area contributed by atoms with Gasteiger partial charge in [-0.1, -0.05) is 32.3 Å². The van der Waals surface area contributed by atoms with Gasteiger partial charge in [0.1, 0.15) is 17.3 Å². The number of hydrogen-bond acceptors (Lipinski definition) is 1. The third kappa shape index (κ3) is 3.80. The molecule has 1 aromatic carbocycles. The number of rotatable bonds is 6. The van der Waals surface area contributed by atoms with Gasteiger partial charge in [0, 0.05) is 6.04 Å². The first-order chi connectivity index (χ1) is 7.65. The number of anilines is 1. The minimum Gasteiger partial charge on any atom is -0.378 e. The van der Waals surface area contributed by atoms with Gasteiger partial charge in [0.2, 0.25) is 0 Å². The zero-order valence-corrected chi connectivity index (χ0v) is 9.89. The van der Waals surface area contributed by atoms with Crippen molar-refractivity contribution in [3.63, 3.8) is 0 Å². The zero-order valence-electron chi connectivity index (χ0n) is 9.89. The monoisotopic (exact) mass is 227 g/mol. The van der Waals surface area contributed by atoms with Crippen LogP contribution in [-0.2, 0) is 0 Å². The van der Waals surface area contributed by atoms with Gasteiger partial charge in [-0.05, 0) is 25.5 Å². The summed E-state index contributed by atoms with van der Waals surface area (Å²) in [6.07, 6.45) is 4.33. The lowest BCUT2D eigenvalue weighted by atomic mass is 10.1. The van der Waals surface area contributed by atoms with E-state index in [-0.39, 0.29) is 11.7 Å². The molecule has 0 aliphatic rings. The first-order valence-corrected chi connectivity index (χ1v) is 5.85. The Morgan fingerprint density at radius 3 is 2.38 bits per heavy atom. The fraction of sp³-hybridized carbons (Fsp3) is 0.538. The number of benzene rings is 1. The summed E-state index contributed by atoms with van der Waals surface area (Å²) in [6.45, 7) is 4.08. The van der Waals surface area contributed by atoms with Gasteiger partial charge in [-0.25, -0.2) is 8.78 Å². The molecule has 0 amide bonds. The number of nitrogens with one attached hydrogen (secondary N) is 1. The summed E-state index contributed by atoms with van der Waals surface area (Å²) in [5.74, 6) is -1.05. The second-order valence-corrected chi connectivity index (χ2v) is 4.14. The molecule has 0 bridgehead atoms. The first-order valence-electron chi connectivity index (χ1n) is 5.85. The molecule has 0 radical (unpaired) electrons. The molecule has 0 aliphatic carbocycles. The fourth-order valence-electron chi connectivity index (χ4n) is 1.65. The van der Waals surface area contributed by atoms with Gasteiger partial charge in [-0.15, -0.1) is 0 Å². The maximum absolute atomic E-state index is 13.3. The van der Waals surface area contributed by atoms with Crippen LogP contribution >= 0.6 is 0 Å². The average molecular weight is 227 g/mol. The minimum atomic E-state index is -0.526. The van der Waals surface area contributed by atoms with Crippen LogP contribution in [0.1, 0.15) is 39.5 Å². The van der Waals surface area contributed by atoms with E-state index in [0.29, 0.717) is 0 Å². The molecule has 0 saturated heterocycles. The molecular weight excluding hydrogens is 208 g/mol. The molecule has 0 heterocycles. The van der Waals surface area contributed by atoms with E-state index in [9.17, 15) is 8.78 Å². The Morgan fingerprint density at radius 1 is 1.19 bits per heavy atom. The summed E-state index contributed by atoms with van der Waals surface area (Å²) in [5, 5.41) is 2.89. The van der Waals surface area contributed by atoms with Crippen molar-refractivity contribution in [2.45, 2.75) is 45.6 Å². The molecule has 1 atom stereocenters. The average Bonchev–Trinajstić information content (AvgIpc) is 2.24. The molecule has 1 nitrogen and oxygen atoms in total. The van der Waals surface area contributed by atoms with Crippen molar-refractivity contribution in [1.82, 2.24) is 0 Å². The van der Waals surface area contributed by atoms with Crippen LogP contribution in [0.2, 0.25) is 0 Å². The van der Waals surface area contributed by atoms with Gasteiger partial charge in [0.25, 0.3) is 0 Å². The largest absolute Gasteiger partial charge is 0.378 e. The van der Waals surface area contributed by atoms with E-state index in [1.807, 2.05) is 6.92 Å². The maximum atomic E-state index is 13.3. The first kappa shape index (κ1) is 12.9. The number of para-hydroxylation sites is 1. The van der Waals surface area contributed by atoms with Gasteiger partial charge in [0.05, 0.1) is 0 Å². The Labute approximate surface area is 95.9 Å². The lowest BCUT2D eigenvalue weighted by molar-refractivity contribution is 0.570. The van der Waals surface area contributed by atoms with Gasteiger partial charge >= 0.3 is 0 Å². The van der Waals surface area contributed by atoms with Crippen LogP contribution in [0.25, 0.3) is 0 Å². The van der Waals surface area contributed by atoms with E-state index < -0.39 is 11.6 Å². The zero-order chi connectivity index (χ0) is 12.0. The summed E-state index contributed by atoms with van der Waals surface area (Å²) >= 11 is 0. The van der Waals surface area contributed by atoms with Crippen molar-refractivity contribution in [3.8, 4) is 0 Å². The lowest BCUT2D eigenvalue weighted by Crippen LogP contribution is -2.16. The van der Waals surface area contributed by atoms with Crippen LogP contribution in [-0.4, -0.2) is 6.04 Å². The Morgan fingerprint density at radius 2 is 1.81 bits per heavy atom. The van der Waals surface area contributed by atoms with Crippen molar-refractivity contribution >= 4 is 5.69 Å². The maximum Gasteiger partial charge on any atom is 0.149 e. The van der Waals surface area contributed by atoms with Crippen molar-refractivity contribution in [2.24, 2.45) is 0 Å². The molecule has 0 spiro atoms. The van der Waals surface area contributed by atoms with Crippen molar-refractivity contribution in [2.75, 3.05) is 5.32 Å². The number of halogens is 2. The van der Waals surface area contributed by atoms with E-state index in [1.165, 1.54) is 18.2 Å². The molecule has 3 heteroatoms. The van der Waals surface area contributed by atoms with Crippen LogP contribution in [0.3, 0.4) is 0 Å². The Hall–Kier alpha value is -1.12. The summed E-state index contributed by atoms with van der Waals surface area (Å²) in [5.41, 5.74) is -0.00787. The lowest BCUT2D eigenvalue weighted by Gasteiger charge is -2.16. The molecule has 16 heavy (non-hydrogen) atoms. The van der Waals surface area contributed by atoms with E-state index in [4.69, 9.17) is 0 Å². The quantitative estimate of drug-likeness (QED) is 0.712. The Balaban J connectivity index is 2.52.